The van der Waals surface area contributed by atoms with Crippen LogP contribution in [0.25, 0.3) is 0 Å². The second-order valence-corrected chi connectivity index (χ2v) is 6.85. The molecule has 2 fully saturated rings. The van der Waals surface area contributed by atoms with Crippen molar-refractivity contribution in [3.63, 3.8) is 0 Å². The molecule has 0 aliphatic heterocycles. The van der Waals surface area contributed by atoms with E-state index in [0.717, 1.165) is 29.1 Å². The summed E-state index contributed by atoms with van der Waals surface area (Å²) in [5, 5.41) is 8.09. The second-order valence-electron chi connectivity index (χ2n) is 6.85. The molecule has 5 nitrogen and oxygen atoms in total. The van der Waals surface area contributed by atoms with Crippen molar-refractivity contribution in [3.8, 4) is 0 Å². The van der Waals surface area contributed by atoms with Crippen molar-refractivity contribution in [1.82, 2.24) is 19.7 Å². The zero-order chi connectivity index (χ0) is 15.3. The number of rotatable bonds is 5. The molecule has 2 aromatic rings. The third-order valence-corrected chi connectivity index (χ3v) is 4.68. The SMILES string of the molecule is Cc1cc(Nc2cc(C)n(C(C)C3CC3)n2)nc(C2CC2)n1. The molecule has 2 heterocycles. The van der Waals surface area contributed by atoms with Crippen molar-refractivity contribution >= 4 is 11.6 Å². The summed E-state index contributed by atoms with van der Waals surface area (Å²) in [4.78, 5) is 9.19. The van der Waals surface area contributed by atoms with Gasteiger partial charge in [-0.3, -0.25) is 4.68 Å². The van der Waals surface area contributed by atoms with Crippen molar-refractivity contribution in [2.24, 2.45) is 5.92 Å². The van der Waals surface area contributed by atoms with Gasteiger partial charge in [-0.25, -0.2) is 9.97 Å². The fourth-order valence-electron chi connectivity index (χ4n) is 3.05. The Morgan fingerprint density at radius 3 is 2.55 bits per heavy atom. The van der Waals surface area contributed by atoms with E-state index in [-0.39, 0.29) is 0 Å². The van der Waals surface area contributed by atoms with E-state index in [1.807, 2.05) is 13.0 Å². The molecule has 5 heteroatoms. The smallest absolute Gasteiger partial charge is 0.153 e. The lowest BCUT2D eigenvalue weighted by Gasteiger charge is -2.12. The lowest BCUT2D eigenvalue weighted by Crippen LogP contribution is -2.10. The number of hydrogen-bond acceptors (Lipinski definition) is 4. The van der Waals surface area contributed by atoms with Crippen molar-refractivity contribution in [1.29, 1.82) is 0 Å². The Hall–Kier alpha value is -1.91. The van der Waals surface area contributed by atoms with Gasteiger partial charge in [-0.15, -0.1) is 0 Å². The Balaban J connectivity index is 1.57. The molecule has 0 bridgehead atoms. The van der Waals surface area contributed by atoms with Crippen LogP contribution < -0.4 is 5.32 Å². The quantitative estimate of drug-likeness (QED) is 0.910. The molecular weight excluding hydrogens is 274 g/mol. The van der Waals surface area contributed by atoms with Crippen LogP contribution in [0, 0.1) is 19.8 Å². The van der Waals surface area contributed by atoms with Crippen LogP contribution in [0.5, 0.6) is 0 Å². The Kier molecular flexibility index (Phi) is 3.17. The van der Waals surface area contributed by atoms with Gasteiger partial charge in [-0.05, 0) is 52.4 Å². The third-order valence-electron chi connectivity index (χ3n) is 4.68. The van der Waals surface area contributed by atoms with E-state index in [2.05, 4.69) is 39.9 Å². The first-order valence-corrected chi connectivity index (χ1v) is 8.29. The summed E-state index contributed by atoms with van der Waals surface area (Å²) in [7, 11) is 0. The zero-order valence-electron chi connectivity index (χ0n) is 13.5. The molecule has 2 saturated carbocycles. The first kappa shape index (κ1) is 13.7. The van der Waals surface area contributed by atoms with E-state index in [1.165, 1.54) is 31.4 Å². The minimum absolute atomic E-state index is 0.490. The Morgan fingerprint density at radius 2 is 1.86 bits per heavy atom. The predicted octanol–water partition coefficient (Wildman–Crippen LogP) is 3.88. The fraction of sp³-hybridized carbons (Fsp3) is 0.588. The summed E-state index contributed by atoms with van der Waals surface area (Å²) in [6, 6.07) is 4.59. The summed E-state index contributed by atoms with van der Waals surface area (Å²) < 4.78 is 2.15. The van der Waals surface area contributed by atoms with Crippen LogP contribution >= 0.6 is 0 Å². The van der Waals surface area contributed by atoms with Gasteiger partial charge in [-0.2, -0.15) is 5.10 Å². The molecule has 1 atom stereocenters. The highest BCUT2D eigenvalue weighted by Gasteiger charge is 2.30. The molecule has 22 heavy (non-hydrogen) atoms. The highest BCUT2D eigenvalue weighted by Crippen LogP contribution is 2.40. The van der Waals surface area contributed by atoms with Gasteiger partial charge in [0, 0.05) is 29.4 Å². The molecule has 0 saturated heterocycles. The minimum Gasteiger partial charge on any atom is -0.323 e. The Bertz CT molecular complexity index is 697. The molecule has 0 amide bonds. The average Bonchev–Trinajstić information content (AvgIpc) is 3.36. The number of nitrogens with zero attached hydrogens (tertiary/aromatic N) is 4. The second kappa shape index (κ2) is 5.07. The predicted molar refractivity (Wildman–Crippen MR) is 86.4 cm³/mol. The molecule has 0 radical (unpaired) electrons. The van der Waals surface area contributed by atoms with Gasteiger partial charge in [0.25, 0.3) is 0 Å². The van der Waals surface area contributed by atoms with Crippen molar-refractivity contribution in [2.75, 3.05) is 5.32 Å². The van der Waals surface area contributed by atoms with Crippen LogP contribution in [-0.4, -0.2) is 19.7 Å². The summed E-state index contributed by atoms with van der Waals surface area (Å²) >= 11 is 0. The summed E-state index contributed by atoms with van der Waals surface area (Å²) in [6.45, 7) is 6.41. The van der Waals surface area contributed by atoms with E-state index in [4.69, 9.17) is 5.10 Å². The maximum Gasteiger partial charge on any atom is 0.153 e. The maximum atomic E-state index is 4.73. The van der Waals surface area contributed by atoms with E-state index in [1.54, 1.807) is 0 Å². The molecule has 1 unspecified atom stereocenters. The molecule has 0 spiro atoms. The fourth-order valence-corrected chi connectivity index (χ4v) is 3.05. The number of anilines is 2. The molecule has 1 N–H and O–H groups in total. The largest absolute Gasteiger partial charge is 0.323 e. The van der Waals surface area contributed by atoms with Gasteiger partial charge in [0.2, 0.25) is 0 Å². The normalized spacial score (nSPS) is 19.2. The molecule has 2 aliphatic carbocycles. The van der Waals surface area contributed by atoms with Crippen LogP contribution in [0.4, 0.5) is 11.6 Å². The molecule has 4 rings (SSSR count). The van der Waals surface area contributed by atoms with Gasteiger partial charge in [0.15, 0.2) is 5.82 Å². The third kappa shape index (κ3) is 2.72. The molecular formula is C17H23N5. The van der Waals surface area contributed by atoms with Gasteiger partial charge in [0.05, 0.1) is 6.04 Å². The lowest BCUT2D eigenvalue weighted by molar-refractivity contribution is 0.432. The van der Waals surface area contributed by atoms with Crippen LogP contribution in [0.15, 0.2) is 12.1 Å². The van der Waals surface area contributed by atoms with Crippen molar-refractivity contribution in [2.45, 2.75) is 58.4 Å². The van der Waals surface area contributed by atoms with E-state index < -0.39 is 0 Å². The number of nitrogens with one attached hydrogen (secondary N) is 1. The molecule has 116 valence electrons. The van der Waals surface area contributed by atoms with E-state index in [0.29, 0.717) is 12.0 Å². The monoisotopic (exact) mass is 297 g/mol. The zero-order valence-corrected chi connectivity index (χ0v) is 13.5. The van der Waals surface area contributed by atoms with Crippen molar-refractivity contribution in [3.05, 3.63) is 29.3 Å². The van der Waals surface area contributed by atoms with Crippen molar-refractivity contribution < 1.29 is 0 Å². The summed E-state index contributed by atoms with van der Waals surface area (Å²) in [5.74, 6) is 4.08. The highest BCUT2D eigenvalue weighted by atomic mass is 15.3. The van der Waals surface area contributed by atoms with Crippen LogP contribution in [0.2, 0.25) is 0 Å². The molecule has 2 aromatic heterocycles. The van der Waals surface area contributed by atoms with E-state index in [9.17, 15) is 0 Å². The average molecular weight is 297 g/mol. The van der Waals surface area contributed by atoms with Crippen LogP contribution in [0.1, 0.15) is 61.8 Å². The minimum atomic E-state index is 0.490. The van der Waals surface area contributed by atoms with Gasteiger partial charge in [0.1, 0.15) is 11.6 Å². The lowest BCUT2D eigenvalue weighted by atomic mass is 10.2. The van der Waals surface area contributed by atoms with Crippen LogP contribution in [0.3, 0.4) is 0 Å². The topological polar surface area (TPSA) is 55.6 Å². The number of hydrogen-bond donors (Lipinski definition) is 1. The van der Waals surface area contributed by atoms with E-state index >= 15 is 0 Å². The Morgan fingerprint density at radius 1 is 1.09 bits per heavy atom. The highest BCUT2D eigenvalue weighted by molar-refractivity contribution is 5.52. The number of aryl methyl sites for hydroxylation is 2. The molecule has 0 aromatic carbocycles. The first-order chi connectivity index (χ1) is 10.6. The van der Waals surface area contributed by atoms with Gasteiger partial charge >= 0.3 is 0 Å². The van der Waals surface area contributed by atoms with Crippen LogP contribution in [-0.2, 0) is 0 Å². The Labute approximate surface area is 131 Å². The van der Waals surface area contributed by atoms with Gasteiger partial charge < -0.3 is 5.32 Å². The summed E-state index contributed by atoms with van der Waals surface area (Å²) in [6.07, 6.45) is 5.10. The first-order valence-electron chi connectivity index (χ1n) is 8.29. The standard InChI is InChI=1S/C17H23N5/c1-10-8-15(20-17(18-10)14-6-7-14)19-16-9-11(2)22(21-16)12(3)13-4-5-13/h8-9,12-14H,4-7H2,1-3H3,(H,18,19,20,21). The number of aromatic nitrogens is 4. The summed E-state index contributed by atoms with van der Waals surface area (Å²) in [5.41, 5.74) is 2.22. The maximum absolute atomic E-state index is 4.73. The molecule has 2 aliphatic rings. The van der Waals surface area contributed by atoms with Gasteiger partial charge in [-0.1, -0.05) is 0 Å².